The summed E-state index contributed by atoms with van der Waals surface area (Å²) in [5.74, 6) is 0.334. The molecule has 1 rings (SSSR count). The molecule has 0 aliphatic rings. The van der Waals surface area contributed by atoms with Crippen molar-refractivity contribution in [2.45, 2.75) is 27.3 Å². The number of carbonyl (C=O) groups is 2. The van der Waals surface area contributed by atoms with Crippen molar-refractivity contribution in [2.24, 2.45) is 0 Å². The molecule has 1 aromatic carbocycles. The van der Waals surface area contributed by atoms with E-state index in [1.807, 2.05) is 26.8 Å². The van der Waals surface area contributed by atoms with Gasteiger partial charge in [-0.2, -0.15) is 0 Å². The molecule has 0 saturated heterocycles. The highest BCUT2D eigenvalue weighted by atomic mass is 16.5. The summed E-state index contributed by atoms with van der Waals surface area (Å²) in [4.78, 5) is 23.2. The average Bonchev–Trinajstić information content (AvgIpc) is 2.37. The molecule has 0 spiro atoms. The van der Waals surface area contributed by atoms with Gasteiger partial charge in [-0.15, -0.1) is 0 Å². The van der Waals surface area contributed by atoms with Crippen molar-refractivity contribution >= 4 is 12.2 Å². The van der Waals surface area contributed by atoms with Crippen molar-refractivity contribution in [1.29, 1.82) is 0 Å². The minimum absolute atomic E-state index is 0.334. The first-order valence-corrected chi connectivity index (χ1v) is 5.76. The van der Waals surface area contributed by atoms with Crippen LogP contribution in [0.5, 0.6) is 5.75 Å². The van der Waals surface area contributed by atoms with Crippen LogP contribution in [-0.4, -0.2) is 31.3 Å². The molecule has 0 aromatic heterocycles. The van der Waals surface area contributed by atoms with E-state index in [1.165, 1.54) is 4.90 Å². The van der Waals surface area contributed by atoms with Crippen LogP contribution in [0.1, 0.15) is 22.3 Å². The second-order valence-corrected chi connectivity index (χ2v) is 4.44. The molecule has 0 aliphatic carbocycles. The third-order valence-corrected chi connectivity index (χ3v) is 3.30. The second kappa shape index (κ2) is 5.67. The van der Waals surface area contributed by atoms with Gasteiger partial charge in [-0.05, 0) is 49.1 Å². The van der Waals surface area contributed by atoms with Crippen molar-refractivity contribution in [2.75, 3.05) is 14.2 Å². The van der Waals surface area contributed by atoms with Gasteiger partial charge in [-0.1, -0.05) is 0 Å². The lowest BCUT2D eigenvalue weighted by molar-refractivity contribution is -0.138. The summed E-state index contributed by atoms with van der Waals surface area (Å²) in [7, 11) is 3.26. The smallest absolute Gasteiger partial charge is 0.286 e. The Labute approximate surface area is 108 Å². The zero-order chi connectivity index (χ0) is 13.9. The van der Waals surface area contributed by atoms with Crippen LogP contribution in [0.4, 0.5) is 0 Å². The van der Waals surface area contributed by atoms with E-state index < -0.39 is 5.91 Å². The predicted octanol–water partition coefficient (Wildman–Crippen LogP) is 1.78. The number of rotatable bonds is 4. The summed E-state index contributed by atoms with van der Waals surface area (Å²) in [5.41, 5.74) is 4.27. The van der Waals surface area contributed by atoms with Gasteiger partial charge in [0.25, 0.3) is 5.91 Å². The average molecular weight is 249 g/mol. The van der Waals surface area contributed by atoms with E-state index in [-0.39, 0.29) is 0 Å². The minimum Gasteiger partial charge on any atom is -0.496 e. The van der Waals surface area contributed by atoms with Gasteiger partial charge in [-0.25, -0.2) is 0 Å². The zero-order valence-electron chi connectivity index (χ0n) is 11.5. The number of aryl methyl sites for hydroxylation is 1. The van der Waals surface area contributed by atoms with Crippen LogP contribution in [0.25, 0.3) is 0 Å². The molecule has 0 bridgehead atoms. The molecule has 4 heteroatoms. The van der Waals surface area contributed by atoms with Gasteiger partial charge in [0.1, 0.15) is 5.75 Å². The highest BCUT2D eigenvalue weighted by Gasteiger charge is 2.14. The predicted molar refractivity (Wildman–Crippen MR) is 69.7 cm³/mol. The molecule has 0 N–H and O–H groups in total. The molecule has 98 valence electrons. The Morgan fingerprint density at radius 3 is 2.44 bits per heavy atom. The first kappa shape index (κ1) is 14.2. The maximum absolute atomic E-state index is 11.3. The molecule has 0 fully saturated rings. The van der Waals surface area contributed by atoms with Gasteiger partial charge in [0.2, 0.25) is 6.29 Å². The highest BCUT2D eigenvalue weighted by Crippen LogP contribution is 2.28. The summed E-state index contributed by atoms with van der Waals surface area (Å²) >= 11 is 0. The Balaban J connectivity index is 3.14. The number of likely N-dealkylation sites (N-methyl/N-ethyl adjacent to an activating group) is 1. The lowest BCUT2D eigenvalue weighted by atomic mass is 9.97. The van der Waals surface area contributed by atoms with Gasteiger partial charge < -0.3 is 9.64 Å². The van der Waals surface area contributed by atoms with Crippen LogP contribution in [0.15, 0.2) is 6.07 Å². The van der Waals surface area contributed by atoms with Gasteiger partial charge >= 0.3 is 0 Å². The Bertz CT molecular complexity index is 480. The van der Waals surface area contributed by atoms with Crippen molar-refractivity contribution < 1.29 is 14.3 Å². The lowest BCUT2D eigenvalue weighted by Crippen LogP contribution is -2.27. The van der Waals surface area contributed by atoms with Crippen LogP contribution >= 0.6 is 0 Å². The Morgan fingerprint density at radius 1 is 1.33 bits per heavy atom. The molecule has 0 saturated carbocycles. The third-order valence-electron chi connectivity index (χ3n) is 3.30. The Hall–Kier alpha value is -1.84. The molecule has 1 amide bonds. The number of hydrogen-bond donors (Lipinski definition) is 0. The lowest BCUT2D eigenvalue weighted by Gasteiger charge is -2.20. The third kappa shape index (κ3) is 2.70. The van der Waals surface area contributed by atoms with Crippen molar-refractivity contribution in [3.8, 4) is 5.75 Å². The van der Waals surface area contributed by atoms with Crippen LogP contribution in [-0.2, 0) is 16.1 Å². The van der Waals surface area contributed by atoms with Gasteiger partial charge in [0.15, 0.2) is 0 Å². The number of benzene rings is 1. The number of aldehydes is 1. The maximum Gasteiger partial charge on any atom is 0.286 e. The molecule has 18 heavy (non-hydrogen) atoms. The summed E-state index contributed by atoms with van der Waals surface area (Å²) in [5, 5.41) is 0. The molecule has 0 heterocycles. The molecule has 0 unspecified atom stereocenters. The largest absolute Gasteiger partial charge is 0.496 e. The maximum atomic E-state index is 11.3. The number of amides is 1. The summed E-state index contributed by atoms with van der Waals surface area (Å²) in [6.07, 6.45) is 0.334. The van der Waals surface area contributed by atoms with E-state index >= 15 is 0 Å². The quantitative estimate of drug-likeness (QED) is 0.603. The first-order chi connectivity index (χ1) is 8.42. The zero-order valence-corrected chi connectivity index (χ0v) is 11.5. The van der Waals surface area contributed by atoms with E-state index in [0.717, 1.165) is 28.0 Å². The number of nitrogens with zero attached hydrogens (tertiary/aromatic N) is 1. The van der Waals surface area contributed by atoms with Crippen molar-refractivity contribution in [1.82, 2.24) is 4.90 Å². The standard InChI is InChI=1S/C14H19NO3/c1-9-6-13(18-5)11(3)10(2)12(9)7-15(4)14(17)8-16/h6,8H,7H2,1-5H3. The minimum atomic E-state index is -0.512. The fourth-order valence-electron chi connectivity index (χ4n) is 1.96. The monoisotopic (exact) mass is 249 g/mol. The molecule has 0 aliphatic heterocycles. The molecular weight excluding hydrogens is 230 g/mol. The SMILES string of the molecule is COc1cc(C)c(CN(C)C(=O)C=O)c(C)c1C. The second-order valence-electron chi connectivity index (χ2n) is 4.44. The summed E-state index contributed by atoms with van der Waals surface area (Å²) in [6, 6.07) is 1.96. The van der Waals surface area contributed by atoms with Crippen LogP contribution < -0.4 is 4.74 Å². The van der Waals surface area contributed by atoms with Gasteiger partial charge in [0, 0.05) is 13.6 Å². The van der Waals surface area contributed by atoms with Crippen molar-refractivity contribution in [3.63, 3.8) is 0 Å². The normalized spacial score (nSPS) is 10.1. The van der Waals surface area contributed by atoms with Crippen LogP contribution in [0.3, 0.4) is 0 Å². The van der Waals surface area contributed by atoms with Crippen LogP contribution in [0, 0.1) is 20.8 Å². The molecule has 4 nitrogen and oxygen atoms in total. The summed E-state index contributed by atoms with van der Waals surface area (Å²) in [6.45, 7) is 6.39. The van der Waals surface area contributed by atoms with Crippen LogP contribution in [0.2, 0.25) is 0 Å². The Morgan fingerprint density at radius 2 is 1.94 bits per heavy atom. The number of hydrogen-bond acceptors (Lipinski definition) is 3. The fraction of sp³-hybridized carbons (Fsp3) is 0.429. The number of carbonyl (C=O) groups excluding carboxylic acids is 2. The number of methoxy groups -OCH3 is 1. The Kier molecular flexibility index (Phi) is 4.48. The topological polar surface area (TPSA) is 46.6 Å². The van der Waals surface area contributed by atoms with E-state index in [4.69, 9.17) is 4.74 Å². The molecular formula is C14H19NO3. The summed E-state index contributed by atoms with van der Waals surface area (Å²) < 4.78 is 5.30. The van der Waals surface area contributed by atoms with Crippen molar-refractivity contribution in [3.05, 3.63) is 28.3 Å². The molecule has 0 atom stereocenters. The van der Waals surface area contributed by atoms with E-state index in [9.17, 15) is 9.59 Å². The van der Waals surface area contributed by atoms with Gasteiger partial charge in [0.05, 0.1) is 7.11 Å². The van der Waals surface area contributed by atoms with E-state index in [2.05, 4.69) is 0 Å². The van der Waals surface area contributed by atoms with E-state index in [0.29, 0.717) is 12.8 Å². The molecule has 0 radical (unpaired) electrons. The van der Waals surface area contributed by atoms with Gasteiger partial charge in [-0.3, -0.25) is 9.59 Å². The fourth-order valence-corrected chi connectivity index (χ4v) is 1.96. The highest BCUT2D eigenvalue weighted by molar-refractivity contribution is 6.23. The number of ether oxygens (including phenoxy) is 1. The molecule has 1 aromatic rings. The van der Waals surface area contributed by atoms with E-state index in [1.54, 1.807) is 14.2 Å². The first-order valence-electron chi connectivity index (χ1n) is 5.76.